The second-order valence-electron chi connectivity index (χ2n) is 16.7. The van der Waals surface area contributed by atoms with Crippen molar-refractivity contribution in [3.8, 4) is 0 Å². The van der Waals surface area contributed by atoms with Crippen LogP contribution in [0.3, 0.4) is 0 Å². The van der Waals surface area contributed by atoms with Gasteiger partial charge < -0.3 is 24.1 Å². The number of rotatable bonds is 6. The van der Waals surface area contributed by atoms with E-state index in [9.17, 15) is 29.1 Å². The highest BCUT2D eigenvalue weighted by molar-refractivity contribution is 5.80. The van der Waals surface area contributed by atoms with Crippen LogP contribution in [0.2, 0.25) is 0 Å². The molecular formula is C37H54O10. The summed E-state index contributed by atoms with van der Waals surface area (Å²) in [6.07, 6.45) is 6.15. The molecule has 262 valence electrons. The number of methoxy groups -OCH3 is 1. The van der Waals surface area contributed by atoms with Gasteiger partial charge in [-0.05, 0) is 98.7 Å². The maximum Gasteiger partial charge on any atom is 0.311 e. The second kappa shape index (κ2) is 11.6. The number of ether oxygens (including phenoxy) is 4. The molecule has 10 nitrogen and oxygen atoms in total. The van der Waals surface area contributed by atoms with Crippen molar-refractivity contribution in [2.24, 2.45) is 50.2 Å². The molecule has 4 saturated carbocycles. The fraction of sp³-hybridized carbons (Fsp3) is 0.811. The molecule has 10 heteroatoms. The average Bonchev–Trinajstić information content (AvgIpc) is 2.97. The summed E-state index contributed by atoms with van der Waals surface area (Å²) in [4.78, 5) is 63.2. The Balaban J connectivity index is 1.62. The maximum atomic E-state index is 13.1. The van der Waals surface area contributed by atoms with Gasteiger partial charge in [0.25, 0.3) is 0 Å². The lowest BCUT2D eigenvalue weighted by Crippen LogP contribution is -2.69. The number of carbonyl (C=O) groups is 5. The zero-order valence-corrected chi connectivity index (χ0v) is 29.7. The van der Waals surface area contributed by atoms with E-state index < -0.39 is 57.7 Å². The van der Waals surface area contributed by atoms with Gasteiger partial charge in [0.2, 0.25) is 0 Å². The van der Waals surface area contributed by atoms with Crippen LogP contribution in [-0.4, -0.2) is 60.9 Å². The van der Waals surface area contributed by atoms with Crippen LogP contribution in [0.25, 0.3) is 0 Å². The summed E-state index contributed by atoms with van der Waals surface area (Å²) in [6.45, 7) is 14.9. The van der Waals surface area contributed by atoms with Crippen LogP contribution in [0.4, 0.5) is 0 Å². The smallest absolute Gasteiger partial charge is 0.311 e. The SMILES string of the molecule is COC(=O)[C@@]1(C)CC[C@]2(C(=O)O)CC[C@]3(C)C(=CC[C@@H]4[C@@]5(C)C[C@H](OC(C)=O)[C@H](OC(C)=O)[C@@](C)(COC(C)=O)[C@@H]5CC[C@]43C)[C@@H]2C1. The van der Waals surface area contributed by atoms with Crippen molar-refractivity contribution in [3.63, 3.8) is 0 Å². The molecule has 0 bridgehead atoms. The summed E-state index contributed by atoms with van der Waals surface area (Å²) in [5.41, 5.74) is -2.33. The van der Waals surface area contributed by atoms with Crippen molar-refractivity contribution in [3.05, 3.63) is 11.6 Å². The van der Waals surface area contributed by atoms with Crippen LogP contribution in [0, 0.1) is 50.2 Å². The van der Waals surface area contributed by atoms with Gasteiger partial charge in [0, 0.05) is 26.2 Å². The van der Waals surface area contributed by atoms with Gasteiger partial charge in [-0.3, -0.25) is 24.0 Å². The average molecular weight is 659 g/mol. The van der Waals surface area contributed by atoms with Gasteiger partial charge in [-0.2, -0.15) is 0 Å². The normalized spacial score (nSPS) is 45.4. The minimum Gasteiger partial charge on any atom is -0.481 e. The maximum absolute atomic E-state index is 13.1. The Morgan fingerprint density at radius 3 is 2.04 bits per heavy atom. The number of carbonyl (C=O) groups excluding carboxylic acids is 4. The molecule has 0 heterocycles. The topological polar surface area (TPSA) is 143 Å². The summed E-state index contributed by atoms with van der Waals surface area (Å²) >= 11 is 0. The van der Waals surface area contributed by atoms with Gasteiger partial charge in [-0.15, -0.1) is 0 Å². The molecule has 47 heavy (non-hydrogen) atoms. The largest absolute Gasteiger partial charge is 0.481 e. The van der Waals surface area contributed by atoms with Crippen molar-refractivity contribution in [2.75, 3.05) is 13.7 Å². The second-order valence-corrected chi connectivity index (χ2v) is 16.7. The Bertz CT molecular complexity index is 1390. The van der Waals surface area contributed by atoms with Crippen LogP contribution >= 0.6 is 0 Å². The highest BCUT2D eigenvalue weighted by Crippen LogP contribution is 2.76. The first-order chi connectivity index (χ1) is 21.7. The van der Waals surface area contributed by atoms with E-state index in [4.69, 9.17) is 18.9 Å². The molecule has 0 unspecified atom stereocenters. The molecule has 4 fully saturated rings. The predicted octanol–water partition coefficient (Wildman–Crippen LogP) is 6.04. The van der Waals surface area contributed by atoms with Crippen molar-refractivity contribution in [1.29, 1.82) is 0 Å². The Morgan fingerprint density at radius 2 is 1.47 bits per heavy atom. The molecule has 0 spiro atoms. The molecule has 0 aliphatic heterocycles. The van der Waals surface area contributed by atoms with Gasteiger partial charge in [-0.1, -0.05) is 39.3 Å². The van der Waals surface area contributed by atoms with E-state index in [0.29, 0.717) is 38.5 Å². The van der Waals surface area contributed by atoms with Crippen LogP contribution in [0.15, 0.2) is 11.6 Å². The van der Waals surface area contributed by atoms with Crippen molar-refractivity contribution < 1.29 is 48.0 Å². The molecule has 0 radical (unpaired) electrons. The molecule has 0 aromatic heterocycles. The van der Waals surface area contributed by atoms with E-state index in [1.807, 2.05) is 13.8 Å². The Kier molecular flexibility index (Phi) is 8.74. The van der Waals surface area contributed by atoms with E-state index in [0.717, 1.165) is 24.8 Å². The highest BCUT2D eigenvalue weighted by atomic mass is 16.6. The quantitative estimate of drug-likeness (QED) is 0.204. The fourth-order valence-electron chi connectivity index (χ4n) is 11.9. The number of fused-ring (bicyclic) bond motifs is 7. The first-order valence-electron chi connectivity index (χ1n) is 17.2. The zero-order chi connectivity index (χ0) is 35.0. The first-order valence-corrected chi connectivity index (χ1v) is 17.2. The van der Waals surface area contributed by atoms with Gasteiger partial charge in [-0.25, -0.2) is 0 Å². The highest BCUT2D eigenvalue weighted by Gasteiger charge is 2.72. The van der Waals surface area contributed by atoms with Gasteiger partial charge in [0.1, 0.15) is 18.8 Å². The lowest BCUT2D eigenvalue weighted by atomic mass is 9.33. The van der Waals surface area contributed by atoms with E-state index in [2.05, 4.69) is 26.8 Å². The monoisotopic (exact) mass is 658 g/mol. The minimum atomic E-state index is -0.922. The molecule has 1 N–H and O–H groups in total. The van der Waals surface area contributed by atoms with E-state index in [1.54, 1.807) is 0 Å². The Morgan fingerprint density at radius 1 is 0.830 bits per heavy atom. The predicted molar refractivity (Wildman–Crippen MR) is 170 cm³/mol. The number of esters is 4. The number of allylic oxidation sites excluding steroid dienone is 2. The van der Waals surface area contributed by atoms with Crippen LogP contribution < -0.4 is 0 Å². The third kappa shape index (κ3) is 5.13. The lowest BCUT2D eigenvalue weighted by Gasteiger charge is -2.71. The van der Waals surface area contributed by atoms with Gasteiger partial charge in [0.05, 0.1) is 17.9 Å². The number of carboxylic acids is 1. The summed E-state index contributed by atoms with van der Waals surface area (Å²) in [7, 11) is 1.40. The summed E-state index contributed by atoms with van der Waals surface area (Å²) in [6, 6.07) is 0. The fourth-order valence-corrected chi connectivity index (χ4v) is 11.9. The van der Waals surface area contributed by atoms with Crippen molar-refractivity contribution in [1.82, 2.24) is 0 Å². The molecule has 0 saturated heterocycles. The summed E-state index contributed by atoms with van der Waals surface area (Å²) in [5, 5.41) is 10.7. The Hall–Kier alpha value is -2.91. The molecule has 0 aromatic rings. The first kappa shape index (κ1) is 35.4. The number of aliphatic carboxylic acids is 1. The van der Waals surface area contributed by atoms with E-state index >= 15 is 0 Å². The molecule has 0 amide bonds. The summed E-state index contributed by atoms with van der Waals surface area (Å²) in [5.74, 6) is -2.66. The van der Waals surface area contributed by atoms with Crippen LogP contribution in [-0.2, 0) is 42.9 Å². The third-order valence-corrected chi connectivity index (χ3v) is 14.4. The molecule has 11 atom stereocenters. The van der Waals surface area contributed by atoms with Gasteiger partial charge in [0.15, 0.2) is 0 Å². The van der Waals surface area contributed by atoms with Crippen LogP contribution in [0.1, 0.15) is 113 Å². The number of carboxylic acid groups (broad SMARTS) is 1. The number of hydrogen-bond donors (Lipinski definition) is 1. The summed E-state index contributed by atoms with van der Waals surface area (Å²) < 4.78 is 22.8. The zero-order valence-electron chi connectivity index (χ0n) is 29.7. The third-order valence-electron chi connectivity index (χ3n) is 14.4. The molecule has 0 aromatic carbocycles. The molecule has 5 rings (SSSR count). The number of hydrogen-bond acceptors (Lipinski definition) is 9. The van der Waals surface area contributed by atoms with Crippen molar-refractivity contribution in [2.45, 2.75) is 125 Å². The van der Waals surface area contributed by atoms with E-state index in [-0.39, 0.29) is 41.2 Å². The lowest BCUT2D eigenvalue weighted by molar-refractivity contribution is -0.255. The van der Waals surface area contributed by atoms with Gasteiger partial charge >= 0.3 is 29.8 Å². The van der Waals surface area contributed by atoms with E-state index in [1.165, 1.54) is 27.9 Å². The molecule has 5 aliphatic rings. The molecular weight excluding hydrogens is 604 g/mol. The van der Waals surface area contributed by atoms with Crippen LogP contribution in [0.5, 0.6) is 0 Å². The van der Waals surface area contributed by atoms with Crippen molar-refractivity contribution >= 4 is 29.8 Å². The minimum absolute atomic E-state index is 0.0232. The molecule has 5 aliphatic carbocycles. The Labute approximate surface area is 278 Å². The standard InChI is InChI=1S/C37H54O10/c1-21(38)45-20-34(6)27-12-13-36(8)28(33(27,5)19-26(46-22(2)39)29(34)47-23(3)40)11-10-24-25-18-32(4,31(43)44-9)14-16-37(25,30(41)42)17-15-35(24,36)7/h10,25-29H,11-20H2,1-9H3,(H,41,42)/t25-,26-,27+,28+,29-,32-,33-,34-,35+,36+,37-/m0/s1.